The fraction of sp³-hybridized carbons (Fsp3) is 0.333. The number of aryl methyl sites for hydroxylation is 1. The molecule has 0 aliphatic carbocycles. The molecule has 1 N–H and O–H groups in total. The number of amides is 1. The summed E-state index contributed by atoms with van der Waals surface area (Å²) in [5, 5.41) is 6.53. The number of hydrogen-bond donors (Lipinski definition) is 1. The number of benzene rings is 1. The van der Waals surface area contributed by atoms with Gasteiger partial charge in [-0.25, -0.2) is 8.42 Å². The molecule has 26 heavy (non-hydrogen) atoms. The third-order valence-electron chi connectivity index (χ3n) is 4.20. The van der Waals surface area contributed by atoms with Crippen molar-refractivity contribution < 1.29 is 17.7 Å². The minimum Gasteiger partial charge on any atom is -0.354 e. The highest BCUT2D eigenvalue weighted by molar-refractivity contribution is 7.89. The van der Waals surface area contributed by atoms with Crippen LogP contribution in [-0.4, -0.2) is 36.9 Å². The lowest BCUT2D eigenvalue weighted by molar-refractivity contribution is -0.114. The molecule has 3 rings (SSSR count). The van der Waals surface area contributed by atoms with Crippen LogP contribution < -0.4 is 5.32 Å². The van der Waals surface area contributed by atoms with Gasteiger partial charge in [0.1, 0.15) is 11.4 Å². The maximum atomic E-state index is 12.5. The van der Waals surface area contributed by atoms with Crippen LogP contribution in [0, 0.1) is 6.92 Å². The fourth-order valence-electron chi connectivity index (χ4n) is 2.83. The summed E-state index contributed by atoms with van der Waals surface area (Å²) in [6, 6.07) is 6.68. The van der Waals surface area contributed by atoms with Crippen LogP contribution >= 0.6 is 0 Å². The summed E-state index contributed by atoms with van der Waals surface area (Å²) in [5.41, 5.74) is 1.93. The Labute approximate surface area is 152 Å². The van der Waals surface area contributed by atoms with E-state index in [9.17, 15) is 13.2 Å². The summed E-state index contributed by atoms with van der Waals surface area (Å²) in [7, 11) is -3.41. The second-order valence-corrected chi connectivity index (χ2v) is 8.14. The first-order chi connectivity index (χ1) is 12.4. The van der Waals surface area contributed by atoms with E-state index >= 15 is 0 Å². The highest BCUT2D eigenvalue weighted by Crippen LogP contribution is 2.24. The zero-order valence-electron chi connectivity index (χ0n) is 14.7. The van der Waals surface area contributed by atoms with Crippen LogP contribution in [0.4, 0.5) is 5.69 Å². The molecule has 1 saturated heterocycles. The van der Waals surface area contributed by atoms with Crippen molar-refractivity contribution in [1.82, 2.24) is 9.46 Å². The molecule has 1 aliphatic heterocycles. The first kappa shape index (κ1) is 18.3. The number of nitrogens with one attached hydrogen (secondary N) is 1. The van der Waals surface area contributed by atoms with Crippen LogP contribution in [0.1, 0.15) is 36.8 Å². The Morgan fingerprint density at radius 2 is 1.85 bits per heavy atom. The van der Waals surface area contributed by atoms with E-state index in [0.717, 1.165) is 18.4 Å². The molecule has 0 bridgehead atoms. The SMILES string of the molecule is CC(=O)Nc1c(C)noc1/C=C\c1ccc(S(=O)(=O)N2CCCC2)cc1. The number of nitrogens with zero attached hydrogens (tertiary/aromatic N) is 2. The maximum Gasteiger partial charge on any atom is 0.243 e. The highest BCUT2D eigenvalue weighted by atomic mass is 32.2. The van der Waals surface area contributed by atoms with E-state index in [0.29, 0.717) is 35.1 Å². The van der Waals surface area contributed by atoms with Crippen LogP contribution in [0.15, 0.2) is 33.7 Å². The summed E-state index contributed by atoms with van der Waals surface area (Å²) in [4.78, 5) is 11.6. The number of aromatic nitrogens is 1. The van der Waals surface area contributed by atoms with Gasteiger partial charge in [-0.15, -0.1) is 0 Å². The van der Waals surface area contributed by atoms with Crippen molar-refractivity contribution in [1.29, 1.82) is 0 Å². The molecule has 0 unspecified atom stereocenters. The lowest BCUT2D eigenvalue weighted by Crippen LogP contribution is -2.27. The molecular weight excluding hydrogens is 354 g/mol. The topological polar surface area (TPSA) is 92.5 Å². The van der Waals surface area contributed by atoms with Crippen molar-refractivity contribution in [3.05, 3.63) is 41.3 Å². The molecular formula is C18H21N3O4S. The van der Waals surface area contributed by atoms with Gasteiger partial charge >= 0.3 is 0 Å². The molecule has 7 nitrogen and oxygen atoms in total. The van der Waals surface area contributed by atoms with Crippen molar-refractivity contribution in [3.8, 4) is 0 Å². The summed E-state index contributed by atoms with van der Waals surface area (Å²) < 4.78 is 31.8. The van der Waals surface area contributed by atoms with Gasteiger partial charge in [-0.2, -0.15) is 4.31 Å². The third kappa shape index (κ3) is 3.86. The van der Waals surface area contributed by atoms with Crippen LogP contribution in [0.5, 0.6) is 0 Å². The zero-order chi connectivity index (χ0) is 18.7. The van der Waals surface area contributed by atoms with Crippen molar-refractivity contribution >= 4 is 33.8 Å². The maximum absolute atomic E-state index is 12.5. The molecule has 8 heteroatoms. The smallest absolute Gasteiger partial charge is 0.243 e. The van der Waals surface area contributed by atoms with E-state index in [4.69, 9.17) is 4.52 Å². The van der Waals surface area contributed by atoms with Crippen molar-refractivity contribution in [2.24, 2.45) is 0 Å². The van der Waals surface area contributed by atoms with Gasteiger partial charge in [0.15, 0.2) is 5.76 Å². The predicted octanol–water partition coefficient (Wildman–Crippen LogP) is 2.90. The number of sulfonamides is 1. The Kier molecular flexibility index (Phi) is 5.24. The van der Waals surface area contributed by atoms with E-state index in [1.807, 2.05) is 0 Å². The quantitative estimate of drug-likeness (QED) is 0.867. The molecule has 1 amide bonds. The van der Waals surface area contributed by atoms with E-state index in [-0.39, 0.29) is 5.91 Å². The number of anilines is 1. The van der Waals surface area contributed by atoms with Crippen LogP contribution in [0.3, 0.4) is 0 Å². The molecule has 0 spiro atoms. The van der Waals surface area contributed by atoms with Gasteiger partial charge in [0.25, 0.3) is 0 Å². The van der Waals surface area contributed by atoms with E-state index in [1.54, 1.807) is 43.3 Å². The molecule has 0 atom stereocenters. The molecule has 0 radical (unpaired) electrons. The van der Waals surface area contributed by atoms with Crippen LogP contribution in [0.2, 0.25) is 0 Å². The van der Waals surface area contributed by atoms with Gasteiger partial charge in [0, 0.05) is 20.0 Å². The summed E-state index contributed by atoms with van der Waals surface area (Å²) in [6.07, 6.45) is 5.29. The monoisotopic (exact) mass is 375 g/mol. The molecule has 1 aromatic carbocycles. The zero-order valence-corrected chi connectivity index (χ0v) is 15.5. The summed E-state index contributed by atoms with van der Waals surface area (Å²) >= 11 is 0. The van der Waals surface area contributed by atoms with Crippen LogP contribution in [0.25, 0.3) is 12.2 Å². The Bertz CT molecular complexity index is 924. The molecule has 2 heterocycles. The normalized spacial score (nSPS) is 15.6. The molecule has 1 aromatic heterocycles. The minimum absolute atomic E-state index is 0.206. The second kappa shape index (κ2) is 7.43. The number of carbonyl (C=O) groups excluding carboxylic acids is 1. The molecule has 138 valence electrons. The van der Waals surface area contributed by atoms with Gasteiger partial charge in [0.2, 0.25) is 15.9 Å². The third-order valence-corrected chi connectivity index (χ3v) is 6.11. The van der Waals surface area contributed by atoms with E-state index in [2.05, 4.69) is 10.5 Å². The Balaban J connectivity index is 1.78. The van der Waals surface area contributed by atoms with Crippen molar-refractivity contribution in [2.45, 2.75) is 31.6 Å². The van der Waals surface area contributed by atoms with Gasteiger partial charge in [-0.05, 0) is 43.5 Å². The number of hydrogen-bond acceptors (Lipinski definition) is 5. The predicted molar refractivity (Wildman–Crippen MR) is 98.9 cm³/mol. The highest BCUT2D eigenvalue weighted by Gasteiger charge is 2.26. The second-order valence-electron chi connectivity index (χ2n) is 6.20. The van der Waals surface area contributed by atoms with Crippen LogP contribution in [-0.2, 0) is 14.8 Å². The van der Waals surface area contributed by atoms with E-state index < -0.39 is 10.0 Å². The van der Waals surface area contributed by atoms with Gasteiger partial charge in [0.05, 0.1) is 4.90 Å². The Morgan fingerprint density at radius 3 is 2.46 bits per heavy atom. The minimum atomic E-state index is -3.41. The largest absolute Gasteiger partial charge is 0.354 e. The summed E-state index contributed by atoms with van der Waals surface area (Å²) in [6.45, 7) is 4.32. The lowest BCUT2D eigenvalue weighted by atomic mass is 10.2. The van der Waals surface area contributed by atoms with E-state index in [1.165, 1.54) is 11.2 Å². The Morgan fingerprint density at radius 1 is 1.19 bits per heavy atom. The van der Waals surface area contributed by atoms with Gasteiger partial charge < -0.3 is 9.84 Å². The molecule has 0 saturated carbocycles. The Hall–Kier alpha value is -2.45. The standard InChI is InChI=1S/C18H21N3O4S/c1-13-18(19-14(2)22)17(25-20-13)10-7-15-5-8-16(9-6-15)26(23,24)21-11-3-4-12-21/h5-10H,3-4,11-12H2,1-2H3,(H,19,22)/b10-7-. The average molecular weight is 375 g/mol. The van der Waals surface area contributed by atoms with Crippen molar-refractivity contribution in [2.75, 3.05) is 18.4 Å². The summed E-state index contributed by atoms with van der Waals surface area (Å²) in [5.74, 6) is 0.230. The number of rotatable bonds is 5. The molecule has 1 aliphatic rings. The first-order valence-corrected chi connectivity index (χ1v) is 9.84. The van der Waals surface area contributed by atoms with Crippen molar-refractivity contribution in [3.63, 3.8) is 0 Å². The number of carbonyl (C=O) groups is 1. The lowest BCUT2D eigenvalue weighted by Gasteiger charge is -2.15. The fourth-order valence-corrected chi connectivity index (χ4v) is 4.35. The van der Waals surface area contributed by atoms with Gasteiger partial charge in [-0.1, -0.05) is 23.4 Å². The first-order valence-electron chi connectivity index (χ1n) is 8.40. The molecule has 2 aromatic rings. The van der Waals surface area contributed by atoms with Gasteiger partial charge in [-0.3, -0.25) is 4.79 Å². The molecule has 1 fully saturated rings. The average Bonchev–Trinajstić information content (AvgIpc) is 3.25.